The van der Waals surface area contributed by atoms with E-state index in [2.05, 4.69) is 17.1 Å². The third kappa shape index (κ3) is 1.73. The number of hydrogen-bond donors (Lipinski definition) is 0. The predicted molar refractivity (Wildman–Crippen MR) is 73.8 cm³/mol. The van der Waals surface area contributed by atoms with Crippen molar-refractivity contribution >= 4 is 0 Å². The van der Waals surface area contributed by atoms with Crippen molar-refractivity contribution in [3.63, 3.8) is 0 Å². The number of fused-ring (bicyclic) bond motifs is 2. The molecule has 0 amide bonds. The maximum Gasteiger partial charge on any atom is 0.157 e. The number of nitrogens with zero attached hydrogens (tertiary/aromatic N) is 3. The van der Waals surface area contributed by atoms with Crippen LogP contribution in [0.15, 0.2) is 0 Å². The van der Waals surface area contributed by atoms with Gasteiger partial charge in [0.05, 0.1) is 11.4 Å². The summed E-state index contributed by atoms with van der Waals surface area (Å²) in [5.74, 6) is 3.88. The van der Waals surface area contributed by atoms with Gasteiger partial charge in [-0.25, -0.2) is 4.98 Å². The Balaban J connectivity index is 1.75. The summed E-state index contributed by atoms with van der Waals surface area (Å²) in [7, 11) is 0. The van der Waals surface area contributed by atoms with Crippen LogP contribution in [0.25, 0.3) is 0 Å². The second-order valence-corrected chi connectivity index (χ2v) is 7.25. The van der Waals surface area contributed by atoms with Gasteiger partial charge in [-0.1, -0.05) is 19.3 Å². The van der Waals surface area contributed by atoms with Gasteiger partial charge in [0.1, 0.15) is 0 Å². The highest BCUT2D eigenvalue weighted by molar-refractivity contribution is 5.19. The lowest BCUT2D eigenvalue weighted by molar-refractivity contribution is 0.209. The monoisotopic (exact) mass is 257 g/mol. The van der Waals surface area contributed by atoms with Gasteiger partial charge < -0.3 is 0 Å². The predicted octanol–water partition coefficient (Wildman–Crippen LogP) is 3.35. The fourth-order valence-electron chi connectivity index (χ4n) is 5.11. The summed E-state index contributed by atoms with van der Waals surface area (Å²) in [4.78, 5) is 4.82. The Morgan fingerprint density at radius 3 is 2.63 bits per heavy atom. The average molecular weight is 257 g/mol. The summed E-state index contributed by atoms with van der Waals surface area (Å²) in [6, 6.07) is 0. The molecular formula is C16H23N3. The Morgan fingerprint density at radius 1 is 0.947 bits per heavy atom. The molecule has 4 rings (SSSR count). The van der Waals surface area contributed by atoms with E-state index >= 15 is 0 Å². The van der Waals surface area contributed by atoms with Crippen LogP contribution in [0.4, 0.5) is 0 Å². The Hall–Kier alpha value is -0.990. The molecule has 0 radical (unpaired) electrons. The molecule has 0 N–H and O–H groups in total. The first-order chi connectivity index (χ1) is 9.16. The molecule has 4 unspecified atom stereocenters. The van der Waals surface area contributed by atoms with Gasteiger partial charge in [-0.15, -0.1) is 5.10 Å². The molecule has 0 spiro atoms. The van der Waals surface area contributed by atoms with E-state index in [0.29, 0.717) is 0 Å². The first kappa shape index (κ1) is 11.8. The highest BCUT2D eigenvalue weighted by atomic mass is 15.2. The highest BCUT2D eigenvalue weighted by Gasteiger charge is 2.53. The van der Waals surface area contributed by atoms with Crippen molar-refractivity contribution in [3.8, 4) is 0 Å². The summed E-state index contributed by atoms with van der Waals surface area (Å²) < 4.78 is 0. The minimum Gasteiger partial charge on any atom is -0.234 e. The number of hydrogen-bond acceptors (Lipinski definition) is 3. The third-order valence-corrected chi connectivity index (χ3v) is 6.04. The van der Waals surface area contributed by atoms with Crippen LogP contribution < -0.4 is 0 Å². The van der Waals surface area contributed by atoms with E-state index in [1.807, 2.05) is 6.92 Å². The molecule has 0 aliphatic heterocycles. The van der Waals surface area contributed by atoms with Gasteiger partial charge in [0.15, 0.2) is 5.82 Å². The SMILES string of the molecule is Cc1nnc(C23CC4CCCC(C2)C(C4)C3)nc1C. The molecule has 3 saturated carbocycles. The van der Waals surface area contributed by atoms with Gasteiger partial charge >= 0.3 is 0 Å². The van der Waals surface area contributed by atoms with Crippen molar-refractivity contribution in [3.05, 3.63) is 17.2 Å². The second kappa shape index (κ2) is 4.00. The van der Waals surface area contributed by atoms with Gasteiger partial charge in [0.25, 0.3) is 0 Å². The molecule has 3 heteroatoms. The molecule has 3 bridgehead atoms. The largest absolute Gasteiger partial charge is 0.234 e. The lowest BCUT2D eigenvalue weighted by Crippen LogP contribution is -2.33. The van der Waals surface area contributed by atoms with Crippen LogP contribution in [0.5, 0.6) is 0 Å². The van der Waals surface area contributed by atoms with E-state index in [0.717, 1.165) is 35.0 Å². The Morgan fingerprint density at radius 2 is 1.79 bits per heavy atom. The zero-order valence-corrected chi connectivity index (χ0v) is 12.0. The first-order valence-electron chi connectivity index (χ1n) is 7.85. The molecule has 4 atom stereocenters. The molecule has 1 heterocycles. The maximum atomic E-state index is 4.82. The van der Waals surface area contributed by atoms with Gasteiger partial charge in [0.2, 0.25) is 0 Å². The Bertz CT molecular complexity index is 509. The summed E-state index contributed by atoms with van der Waals surface area (Å²) in [6.45, 7) is 4.07. The smallest absolute Gasteiger partial charge is 0.157 e. The van der Waals surface area contributed by atoms with Crippen molar-refractivity contribution < 1.29 is 0 Å². The van der Waals surface area contributed by atoms with Gasteiger partial charge in [-0.05, 0) is 57.3 Å². The normalized spacial score (nSPS) is 40.4. The van der Waals surface area contributed by atoms with Crippen molar-refractivity contribution in [2.24, 2.45) is 17.8 Å². The van der Waals surface area contributed by atoms with Gasteiger partial charge in [-0.3, -0.25) is 0 Å². The molecule has 0 aromatic carbocycles. The standard InChI is InChI=1S/C16H23N3/c1-10-11(2)18-19-15(17-10)16-7-12-4-3-5-13(8-16)14(6-12)9-16/h12-14H,3-9H2,1-2H3. The maximum absolute atomic E-state index is 4.82. The van der Waals surface area contributed by atoms with Crippen LogP contribution in [0.3, 0.4) is 0 Å². The van der Waals surface area contributed by atoms with Crippen molar-refractivity contribution in [2.75, 3.05) is 0 Å². The first-order valence-corrected chi connectivity index (χ1v) is 7.85. The zero-order valence-electron chi connectivity index (χ0n) is 12.0. The molecule has 3 aliphatic rings. The fourth-order valence-corrected chi connectivity index (χ4v) is 5.11. The van der Waals surface area contributed by atoms with Crippen LogP contribution in [-0.4, -0.2) is 15.2 Å². The lowest BCUT2D eigenvalue weighted by atomic mass is 9.69. The highest BCUT2D eigenvalue weighted by Crippen LogP contribution is 2.60. The quantitative estimate of drug-likeness (QED) is 0.774. The fraction of sp³-hybridized carbons (Fsp3) is 0.812. The molecule has 3 fully saturated rings. The summed E-state index contributed by atoms with van der Waals surface area (Å²) in [6.07, 6.45) is 9.80. The van der Waals surface area contributed by atoms with Crippen molar-refractivity contribution in [1.29, 1.82) is 0 Å². The van der Waals surface area contributed by atoms with Crippen LogP contribution in [0.1, 0.15) is 62.2 Å². The lowest BCUT2D eigenvalue weighted by Gasteiger charge is -2.36. The molecular weight excluding hydrogens is 234 g/mol. The van der Waals surface area contributed by atoms with E-state index < -0.39 is 0 Å². The molecule has 1 aromatic rings. The third-order valence-electron chi connectivity index (χ3n) is 6.04. The Labute approximate surface area is 115 Å². The topological polar surface area (TPSA) is 38.7 Å². The molecule has 3 nitrogen and oxygen atoms in total. The number of aromatic nitrogens is 3. The zero-order chi connectivity index (χ0) is 13.0. The Kier molecular flexibility index (Phi) is 2.49. The molecule has 19 heavy (non-hydrogen) atoms. The summed E-state index contributed by atoms with van der Waals surface area (Å²) in [5.41, 5.74) is 2.33. The van der Waals surface area contributed by atoms with Crippen molar-refractivity contribution in [1.82, 2.24) is 15.2 Å². The van der Waals surface area contributed by atoms with Crippen LogP contribution in [0.2, 0.25) is 0 Å². The number of aryl methyl sites for hydroxylation is 2. The average Bonchev–Trinajstić information content (AvgIpc) is 2.55. The minimum atomic E-state index is 0.282. The van der Waals surface area contributed by atoms with Crippen LogP contribution >= 0.6 is 0 Å². The van der Waals surface area contributed by atoms with E-state index in [1.54, 1.807) is 0 Å². The van der Waals surface area contributed by atoms with E-state index in [4.69, 9.17) is 4.98 Å². The summed E-state index contributed by atoms with van der Waals surface area (Å²) in [5, 5.41) is 8.85. The van der Waals surface area contributed by atoms with E-state index in [-0.39, 0.29) is 5.41 Å². The molecule has 102 valence electrons. The molecule has 1 aromatic heterocycles. The molecule has 3 aliphatic carbocycles. The second-order valence-electron chi connectivity index (χ2n) is 7.25. The van der Waals surface area contributed by atoms with E-state index in [9.17, 15) is 0 Å². The molecule has 0 saturated heterocycles. The van der Waals surface area contributed by atoms with Gasteiger partial charge in [-0.2, -0.15) is 5.10 Å². The van der Waals surface area contributed by atoms with Gasteiger partial charge in [0, 0.05) is 5.41 Å². The van der Waals surface area contributed by atoms with E-state index in [1.165, 1.54) is 44.9 Å². The van der Waals surface area contributed by atoms with Crippen LogP contribution in [0, 0.1) is 31.6 Å². The van der Waals surface area contributed by atoms with Crippen molar-refractivity contribution in [2.45, 2.75) is 64.2 Å². The number of rotatable bonds is 1. The minimum absolute atomic E-state index is 0.282. The summed E-state index contributed by atoms with van der Waals surface area (Å²) >= 11 is 0. The van der Waals surface area contributed by atoms with Crippen LogP contribution in [-0.2, 0) is 5.41 Å².